The predicted octanol–water partition coefficient (Wildman–Crippen LogP) is -0.747. The molecule has 0 fully saturated rings. The van der Waals surface area contributed by atoms with Crippen LogP contribution in [0.25, 0.3) is 22.3 Å². The van der Waals surface area contributed by atoms with E-state index in [9.17, 15) is 29.4 Å². The number of benzene rings is 1. The van der Waals surface area contributed by atoms with Gasteiger partial charge in [-0.25, -0.2) is 0 Å². The molecule has 0 aliphatic heterocycles. The number of aliphatic hydroxyl groups excluding tert-OH is 2. The van der Waals surface area contributed by atoms with E-state index in [-0.39, 0.29) is 21.2 Å². The molecular weight excluding hydrogens is 312 g/mol. The molecule has 0 unspecified atom stereocenters. The van der Waals surface area contributed by atoms with Gasteiger partial charge >= 0.3 is 0 Å². The van der Waals surface area contributed by atoms with Crippen LogP contribution in [0.5, 0.6) is 0 Å². The molecule has 1 aromatic carbocycles. The molecule has 0 saturated carbocycles. The van der Waals surface area contributed by atoms with Gasteiger partial charge in [-0.2, -0.15) is 0 Å². The van der Waals surface area contributed by atoms with Gasteiger partial charge in [-0.15, -0.1) is 0 Å². The van der Waals surface area contributed by atoms with Gasteiger partial charge in [0, 0.05) is 21.2 Å². The number of aliphatic hydroxyl groups is 2. The maximum absolute atomic E-state index is 12.8. The minimum atomic E-state index is -1.16. The van der Waals surface area contributed by atoms with Crippen molar-refractivity contribution in [2.24, 2.45) is 0 Å². The molecule has 0 aromatic heterocycles. The average Bonchev–Trinajstić information content (AvgIpc) is 2.53. The first kappa shape index (κ1) is 15.6. The van der Waals surface area contributed by atoms with E-state index in [2.05, 4.69) is 0 Å². The van der Waals surface area contributed by atoms with Crippen LogP contribution < -0.4 is 32.2 Å². The van der Waals surface area contributed by atoms with Crippen LogP contribution in [0.15, 0.2) is 43.4 Å². The fourth-order valence-corrected chi connectivity index (χ4v) is 3.00. The SMILES string of the molecule is C/C(O)=c1\c(=O)c(=O)c2c(=O)c3ccccc3c(=O)c=2\c1=C(\C)O. The van der Waals surface area contributed by atoms with E-state index in [0.717, 1.165) is 6.92 Å². The Kier molecular flexibility index (Phi) is 3.33. The Morgan fingerprint density at radius 1 is 0.667 bits per heavy atom. The summed E-state index contributed by atoms with van der Waals surface area (Å²) in [6.45, 7) is 2.38. The lowest BCUT2D eigenvalue weighted by Gasteiger charge is -2.01. The summed E-state index contributed by atoms with van der Waals surface area (Å²) < 4.78 is 0. The molecular formula is C18H12O6. The van der Waals surface area contributed by atoms with Crippen LogP contribution in [0, 0.1) is 10.4 Å². The highest BCUT2D eigenvalue weighted by Crippen LogP contribution is 2.03. The molecule has 1 aromatic rings. The number of hydrogen-bond donors (Lipinski definition) is 2. The molecule has 0 spiro atoms. The highest BCUT2D eigenvalue weighted by Gasteiger charge is 2.16. The third-order valence-electron chi connectivity index (χ3n) is 4.00. The van der Waals surface area contributed by atoms with Gasteiger partial charge in [-0.3, -0.25) is 19.2 Å². The maximum Gasteiger partial charge on any atom is 0.238 e. The number of rotatable bonds is 0. The summed E-state index contributed by atoms with van der Waals surface area (Å²) in [5.41, 5.74) is -3.68. The van der Waals surface area contributed by atoms with Crippen molar-refractivity contribution in [2.75, 3.05) is 0 Å². The van der Waals surface area contributed by atoms with Crippen LogP contribution in [0.2, 0.25) is 0 Å². The third kappa shape index (κ3) is 1.89. The Morgan fingerprint density at radius 3 is 1.58 bits per heavy atom. The van der Waals surface area contributed by atoms with Gasteiger partial charge in [0.1, 0.15) is 5.76 Å². The monoisotopic (exact) mass is 324 g/mol. The van der Waals surface area contributed by atoms with E-state index in [1.807, 2.05) is 0 Å². The Balaban J connectivity index is 3.15. The van der Waals surface area contributed by atoms with Crippen molar-refractivity contribution in [3.8, 4) is 0 Å². The highest BCUT2D eigenvalue weighted by atomic mass is 16.3. The molecule has 2 N–H and O–H groups in total. The van der Waals surface area contributed by atoms with Gasteiger partial charge in [0.15, 0.2) is 10.9 Å². The second-order valence-corrected chi connectivity index (χ2v) is 5.53. The molecule has 0 heterocycles. The van der Waals surface area contributed by atoms with Gasteiger partial charge in [-0.05, 0) is 13.8 Å². The Morgan fingerprint density at radius 2 is 1.12 bits per heavy atom. The van der Waals surface area contributed by atoms with E-state index >= 15 is 0 Å². The van der Waals surface area contributed by atoms with Gasteiger partial charge < -0.3 is 10.2 Å². The summed E-state index contributed by atoms with van der Waals surface area (Å²) in [5.74, 6) is -0.949. The zero-order valence-corrected chi connectivity index (χ0v) is 12.8. The third-order valence-corrected chi connectivity index (χ3v) is 4.00. The fraction of sp³-hybridized carbons (Fsp3) is 0.111. The topological polar surface area (TPSA) is 109 Å². The summed E-state index contributed by atoms with van der Waals surface area (Å²) in [6.07, 6.45) is 0. The van der Waals surface area contributed by atoms with Gasteiger partial charge in [-0.1, -0.05) is 24.3 Å². The molecule has 0 atom stereocenters. The van der Waals surface area contributed by atoms with E-state index in [4.69, 9.17) is 0 Å². The lowest BCUT2D eigenvalue weighted by Crippen LogP contribution is -2.53. The highest BCUT2D eigenvalue weighted by molar-refractivity contribution is 5.82. The van der Waals surface area contributed by atoms with E-state index in [1.54, 1.807) is 12.1 Å². The summed E-state index contributed by atoms with van der Waals surface area (Å²) in [5, 5.41) is 18.2. The standard InChI is InChI=1S/C18H12O6/c1-7(19)11-12(8(2)20)17(23)18(24)14-13(11)15(21)9-5-3-4-6-10(9)16(14)22/h3-6,19-20H,1-2H3/b11-7-,12-8+. The van der Waals surface area contributed by atoms with Crippen LogP contribution in [0.3, 0.4) is 0 Å². The zero-order chi connectivity index (χ0) is 17.8. The summed E-state index contributed by atoms with van der Waals surface area (Å²) in [7, 11) is 0. The first-order chi connectivity index (χ1) is 11.3. The summed E-state index contributed by atoms with van der Waals surface area (Å²) >= 11 is 0. The minimum Gasteiger partial charge on any atom is -0.512 e. The molecule has 6 nitrogen and oxygen atoms in total. The zero-order valence-electron chi connectivity index (χ0n) is 12.8. The lowest BCUT2D eigenvalue weighted by atomic mass is 10.0. The molecule has 0 saturated heterocycles. The smallest absolute Gasteiger partial charge is 0.238 e. The average molecular weight is 324 g/mol. The van der Waals surface area contributed by atoms with Crippen molar-refractivity contribution >= 4 is 22.3 Å². The van der Waals surface area contributed by atoms with Crippen molar-refractivity contribution in [3.63, 3.8) is 0 Å². The number of hydrogen-bond acceptors (Lipinski definition) is 6. The van der Waals surface area contributed by atoms with Crippen LogP contribution >= 0.6 is 0 Å². The van der Waals surface area contributed by atoms with E-state index in [0.29, 0.717) is 0 Å². The molecule has 0 bridgehead atoms. The van der Waals surface area contributed by atoms with E-state index in [1.165, 1.54) is 19.1 Å². The van der Waals surface area contributed by atoms with Crippen LogP contribution in [0.4, 0.5) is 0 Å². The Hall–Kier alpha value is -3.28. The predicted molar refractivity (Wildman–Crippen MR) is 89.4 cm³/mol. The van der Waals surface area contributed by atoms with Gasteiger partial charge in [0.05, 0.1) is 16.2 Å². The lowest BCUT2D eigenvalue weighted by molar-refractivity contribution is 0.489. The first-order valence-corrected chi connectivity index (χ1v) is 7.09. The summed E-state index contributed by atoms with van der Waals surface area (Å²) in [4.78, 5) is 50.1. The second kappa shape index (κ2) is 5.13. The molecule has 3 rings (SSSR count). The number of fused-ring (bicyclic) bond motifs is 1. The van der Waals surface area contributed by atoms with Crippen LogP contribution in [0.1, 0.15) is 13.8 Å². The molecule has 2 aliphatic rings. The normalized spacial score (nSPS) is 14.1. The molecule has 0 radical (unpaired) electrons. The molecule has 120 valence electrons. The van der Waals surface area contributed by atoms with Crippen molar-refractivity contribution in [2.45, 2.75) is 13.8 Å². The van der Waals surface area contributed by atoms with E-state index < -0.39 is 43.7 Å². The fourth-order valence-electron chi connectivity index (χ4n) is 3.00. The second-order valence-electron chi connectivity index (χ2n) is 5.53. The van der Waals surface area contributed by atoms with Crippen LogP contribution in [-0.2, 0) is 0 Å². The van der Waals surface area contributed by atoms with Crippen molar-refractivity contribution in [1.29, 1.82) is 0 Å². The van der Waals surface area contributed by atoms with Crippen molar-refractivity contribution in [3.05, 3.63) is 86.0 Å². The molecule has 6 heteroatoms. The molecule has 2 aliphatic carbocycles. The summed E-state index contributed by atoms with van der Waals surface area (Å²) in [6, 6.07) is 5.94. The van der Waals surface area contributed by atoms with Gasteiger partial charge in [0.25, 0.3) is 0 Å². The molecule has 0 amide bonds. The quantitative estimate of drug-likeness (QED) is 0.527. The van der Waals surface area contributed by atoms with Crippen molar-refractivity contribution < 1.29 is 10.2 Å². The maximum atomic E-state index is 12.8. The van der Waals surface area contributed by atoms with Gasteiger partial charge in [0.2, 0.25) is 10.9 Å². The van der Waals surface area contributed by atoms with Crippen molar-refractivity contribution in [1.82, 2.24) is 0 Å². The first-order valence-electron chi connectivity index (χ1n) is 7.09. The van der Waals surface area contributed by atoms with Crippen LogP contribution in [-0.4, -0.2) is 10.2 Å². The minimum absolute atomic E-state index is 0.0329. The largest absolute Gasteiger partial charge is 0.512 e. The molecule has 24 heavy (non-hydrogen) atoms. The Labute approximate surface area is 133 Å². The Bertz CT molecular complexity index is 1400.